The van der Waals surface area contributed by atoms with Crippen molar-refractivity contribution in [1.29, 1.82) is 0 Å². The Morgan fingerprint density at radius 1 is 0.710 bits per heavy atom. The van der Waals surface area contributed by atoms with Crippen molar-refractivity contribution in [3.63, 3.8) is 0 Å². The molecule has 0 aliphatic carbocycles. The summed E-state index contributed by atoms with van der Waals surface area (Å²) in [6.07, 6.45) is 4.10. The van der Waals surface area contributed by atoms with Gasteiger partial charge >= 0.3 is 0 Å². The van der Waals surface area contributed by atoms with E-state index in [0.717, 1.165) is 27.8 Å². The molecule has 0 spiro atoms. The molecule has 0 aromatic heterocycles. The van der Waals surface area contributed by atoms with E-state index in [0.29, 0.717) is 12.1 Å². The van der Waals surface area contributed by atoms with Gasteiger partial charge in [0.1, 0.15) is 5.75 Å². The SMILES string of the molecule is O=C(NCc1ccccc1-c1ccccc1C=Cc1ccc(O)cc1)c1ccccc1. The van der Waals surface area contributed by atoms with Gasteiger partial charge in [-0.05, 0) is 52.1 Å². The van der Waals surface area contributed by atoms with Gasteiger partial charge in [0, 0.05) is 12.1 Å². The second-order valence-corrected chi connectivity index (χ2v) is 7.22. The normalized spacial score (nSPS) is 10.8. The van der Waals surface area contributed by atoms with Crippen LogP contribution in [0.4, 0.5) is 0 Å². The zero-order valence-electron chi connectivity index (χ0n) is 17.0. The van der Waals surface area contributed by atoms with Crippen LogP contribution in [0.3, 0.4) is 0 Å². The van der Waals surface area contributed by atoms with Crippen LogP contribution in [-0.4, -0.2) is 11.0 Å². The molecule has 0 unspecified atom stereocenters. The van der Waals surface area contributed by atoms with E-state index in [1.54, 1.807) is 12.1 Å². The summed E-state index contributed by atoms with van der Waals surface area (Å²) >= 11 is 0. The zero-order chi connectivity index (χ0) is 21.5. The maximum atomic E-state index is 12.5. The van der Waals surface area contributed by atoms with Crippen LogP contribution >= 0.6 is 0 Å². The molecule has 0 fully saturated rings. The predicted molar refractivity (Wildman–Crippen MR) is 127 cm³/mol. The number of phenols is 1. The van der Waals surface area contributed by atoms with Crippen molar-refractivity contribution in [2.75, 3.05) is 0 Å². The van der Waals surface area contributed by atoms with Crippen LogP contribution in [0.2, 0.25) is 0 Å². The minimum Gasteiger partial charge on any atom is -0.508 e. The second kappa shape index (κ2) is 9.59. The summed E-state index contributed by atoms with van der Waals surface area (Å²) < 4.78 is 0. The average Bonchev–Trinajstić information content (AvgIpc) is 2.83. The van der Waals surface area contributed by atoms with Crippen LogP contribution in [0.5, 0.6) is 5.75 Å². The van der Waals surface area contributed by atoms with Crippen LogP contribution in [-0.2, 0) is 6.54 Å². The highest BCUT2D eigenvalue weighted by Crippen LogP contribution is 2.28. The number of rotatable bonds is 6. The van der Waals surface area contributed by atoms with Gasteiger partial charge < -0.3 is 10.4 Å². The molecule has 0 saturated heterocycles. The molecule has 4 aromatic carbocycles. The second-order valence-electron chi connectivity index (χ2n) is 7.22. The summed E-state index contributed by atoms with van der Waals surface area (Å²) in [6, 6.07) is 32.7. The first-order chi connectivity index (χ1) is 15.2. The number of phenolic OH excluding ortho intramolecular Hbond substituents is 1. The van der Waals surface area contributed by atoms with E-state index in [9.17, 15) is 9.90 Å². The highest BCUT2D eigenvalue weighted by atomic mass is 16.3. The van der Waals surface area contributed by atoms with Gasteiger partial charge in [-0.3, -0.25) is 4.79 Å². The Balaban J connectivity index is 1.59. The molecule has 3 heteroatoms. The lowest BCUT2D eigenvalue weighted by Crippen LogP contribution is -2.23. The van der Waals surface area contributed by atoms with Crippen molar-refractivity contribution < 1.29 is 9.90 Å². The van der Waals surface area contributed by atoms with Crippen molar-refractivity contribution in [1.82, 2.24) is 5.32 Å². The molecule has 3 nitrogen and oxygen atoms in total. The van der Waals surface area contributed by atoms with Crippen LogP contribution in [0, 0.1) is 0 Å². The average molecular weight is 405 g/mol. The molecule has 0 radical (unpaired) electrons. The van der Waals surface area contributed by atoms with Gasteiger partial charge in [0.2, 0.25) is 0 Å². The van der Waals surface area contributed by atoms with Gasteiger partial charge in [-0.15, -0.1) is 0 Å². The molecule has 0 aliphatic rings. The third-order valence-electron chi connectivity index (χ3n) is 5.09. The van der Waals surface area contributed by atoms with E-state index in [2.05, 4.69) is 29.6 Å². The minimum atomic E-state index is -0.0871. The maximum Gasteiger partial charge on any atom is 0.251 e. The van der Waals surface area contributed by atoms with Gasteiger partial charge in [0.15, 0.2) is 0 Å². The number of carbonyl (C=O) groups excluding carboxylic acids is 1. The topological polar surface area (TPSA) is 49.3 Å². The number of amides is 1. The Labute approximate surface area is 182 Å². The largest absolute Gasteiger partial charge is 0.508 e. The van der Waals surface area contributed by atoms with Crippen LogP contribution < -0.4 is 5.32 Å². The Bertz CT molecular complexity index is 1200. The lowest BCUT2D eigenvalue weighted by molar-refractivity contribution is 0.0951. The Kier molecular flexibility index (Phi) is 6.24. The Hall–Kier alpha value is -4.11. The summed E-state index contributed by atoms with van der Waals surface area (Å²) in [5, 5.41) is 12.5. The van der Waals surface area contributed by atoms with Crippen LogP contribution in [0.25, 0.3) is 23.3 Å². The van der Waals surface area contributed by atoms with Crippen molar-refractivity contribution in [2.24, 2.45) is 0 Å². The molecule has 0 atom stereocenters. The Morgan fingerprint density at radius 3 is 2.13 bits per heavy atom. The number of hydrogen-bond donors (Lipinski definition) is 2. The molecule has 1 amide bonds. The van der Waals surface area contributed by atoms with Crippen molar-refractivity contribution in [3.8, 4) is 16.9 Å². The molecule has 4 aromatic rings. The highest BCUT2D eigenvalue weighted by Gasteiger charge is 2.10. The maximum absolute atomic E-state index is 12.5. The third kappa shape index (κ3) is 5.09. The quantitative estimate of drug-likeness (QED) is 0.378. The fourth-order valence-corrected chi connectivity index (χ4v) is 3.46. The van der Waals surface area contributed by atoms with Crippen molar-refractivity contribution in [2.45, 2.75) is 6.54 Å². The number of carbonyl (C=O) groups is 1. The summed E-state index contributed by atoms with van der Waals surface area (Å²) in [5.74, 6) is 0.167. The molecule has 0 bridgehead atoms. The van der Waals surface area contributed by atoms with Crippen LogP contribution in [0.15, 0.2) is 103 Å². The number of benzene rings is 4. The van der Waals surface area contributed by atoms with Gasteiger partial charge in [-0.25, -0.2) is 0 Å². The fourth-order valence-electron chi connectivity index (χ4n) is 3.46. The molecule has 31 heavy (non-hydrogen) atoms. The molecule has 152 valence electrons. The molecule has 0 saturated carbocycles. The summed E-state index contributed by atoms with van der Waals surface area (Å²) in [4.78, 5) is 12.5. The van der Waals surface area contributed by atoms with E-state index in [-0.39, 0.29) is 11.7 Å². The van der Waals surface area contributed by atoms with Gasteiger partial charge in [-0.1, -0.05) is 91.0 Å². The summed E-state index contributed by atoms with van der Waals surface area (Å²) in [5.41, 5.74) is 5.98. The summed E-state index contributed by atoms with van der Waals surface area (Å²) in [6.45, 7) is 0.444. The number of aromatic hydroxyl groups is 1. The first-order valence-corrected chi connectivity index (χ1v) is 10.2. The van der Waals surface area contributed by atoms with E-state index in [1.165, 1.54) is 0 Å². The first kappa shape index (κ1) is 20.2. The van der Waals surface area contributed by atoms with E-state index < -0.39 is 0 Å². The molecule has 2 N–H and O–H groups in total. The molecular formula is C28H23NO2. The van der Waals surface area contributed by atoms with Crippen LogP contribution in [0.1, 0.15) is 27.0 Å². The molecule has 4 rings (SSSR count). The van der Waals surface area contributed by atoms with Gasteiger partial charge in [-0.2, -0.15) is 0 Å². The van der Waals surface area contributed by atoms with E-state index in [1.807, 2.05) is 78.9 Å². The first-order valence-electron chi connectivity index (χ1n) is 10.2. The number of nitrogens with one attached hydrogen (secondary N) is 1. The smallest absolute Gasteiger partial charge is 0.251 e. The van der Waals surface area contributed by atoms with E-state index >= 15 is 0 Å². The Morgan fingerprint density at radius 2 is 1.35 bits per heavy atom. The molecular weight excluding hydrogens is 382 g/mol. The van der Waals surface area contributed by atoms with Gasteiger partial charge in [0.05, 0.1) is 0 Å². The van der Waals surface area contributed by atoms with Gasteiger partial charge in [0.25, 0.3) is 5.91 Å². The predicted octanol–water partition coefficient (Wildman–Crippen LogP) is 6.16. The lowest BCUT2D eigenvalue weighted by Gasteiger charge is -2.13. The van der Waals surface area contributed by atoms with E-state index in [4.69, 9.17) is 0 Å². The summed E-state index contributed by atoms with van der Waals surface area (Å²) in [7, 11) is 0. The lowest BCUT2D eigenvalue weighted by atomic mass is 9.94. The standard InChI is InChI=1S/C28H23NO2/c30-25-18-15-21(16-19-25)14-17-22-8-4-6-12-26(22)27-13-7-5-11-24(27)20-29-28(31)23-9-2-1-3-10-23/h1-19,30H,20H2,(H,29,31). The number of hydrogen-bond acceptors (Lipinski definition) is 2. The van der Waals surface area contributed by atoms with Crippen molar-refractivity contribution >= 4 is 18.1 Å². The van der Waals surface area contributed by atoms with Crippen molar-refractivity contribution in [3.05, 3.63) is 125 Å². The zero-order valence-corrected chi connectivity index (χ0v) is 17.0. The fraction of sp³-hybridized carbons (Fsp3) is 0.0357. The minimum absolute atomic E-state index is 0.0871. The molecule has 0 aliphatic heterocycles. The monoisotopic (exact) mass is 405 g/mol. The highest BCUT2D eigenvalue weighted by molar-refractivity contribution is 5.94. The third-order valence-corrected chi connectivity index (χ3v) is 5.09. The molecule has 0 heterocycles.